The van der Waals surface area contributed by atoms with Crippen LogP contribution in [0.2, 0.25) is 0 Å². The quantitative estimate of drug-likeness (QED) is 0.342. The lowest BCUT2D eigenvalue weighted by atomic mass is 10.1. The first-order valence-electron chi connectivity index (χ1n) is 10.0. The van der Waals surface area contributed by atoms with Crippen LogP contribution in [0.25, 0.3) is 0 Å². The molecule has 3 rings (SSSR count). The van der Waals surface area contributed by atoms with Crippen molar-refractivity contribution in [2.24, 2.45) is 0 Å². The van der Waals surface area contributed by atoms with E-state index in [1.807, 2.05) is 55.5 Å². The highest BCUT2D eigenvalue weighted by molar-refractivity contribution is 7.99. The predicted molar refractivity (Wildman–Crippen MR) is 125 cm³/mol. The highest BCUT2D eigenvalue weighted by atomic mass is 32.2. The van der Waals surface area contributed by atoms with Gasteiger partial charge < -0.3 is 19.5 Å². The molecule has 0 aliphatic carbocycles. The van der Waals surface area contributed by atoms with E-state index in [1.54, 1.807) is 38.1 Å². The summed E-state index contributed by atoms with van der Waals surface area (Å²) in [5.41, 5.74) is 1.51. The zero-order valence-corrected chi connectivity index (χ0v) is 18.8. The lowest BCUT2D eigenvalue weighted by Gasteiger charge is -2.17. The average Bonchev–Trinajstić information content (AvgIpc) is 2.82. The van der Waals surface area contributed by atoms with Crippen LogP contribution in [-0.2, 0) is 0 Å². The zero-order valence-electron chi connectivity index (χ0n) is 18.0. The van der Waals surface area contributed by atoms with Gasteiger partial charge in [0.1, 0.15) is 5.75 Å². The van der Waals surface area contributed by atoms with Crippen molar-refractivity contribution in [2.75, 3.05) is 26.6 Å². The summed E-state index contributed by atoms with van der Waals surface area (Å²) in [4.78, 5) is 13.8. The molecule has 0 aromatic heterocycles. The van der Waals surface area contributed by atoms with Crippen LogP contribution < -0.4 is 19.5 Å². The molecule has 3 aromatic rings. The Kier molecular flexibility index (Phi) is 8.24. The Bertz CT molecular complexity index is 977. The van der Waals surface area contributed by atoms with Gasteiger partial charge in [0.05, 0.1) is 26.9 Å². The summed E-state index contributed by atoms with van der Waals surface area (Å²) < 4.78 is 16.4. The number of thioether (sulfide) groups is 1. The number of amides is 1. The molecule has 0 unspecified atom stereocenters. The molecule has 162 valence electrons. The third kappa shape index (κ3) is 6.43. The first kappa shape index (κ1) is 22.6. The minimum atomic E-state index is -0.182. The number of hydrogen-bond acceptors (Lipinski definition) is 5. The Morgan fingerprint density at radius 2 is 1.65 bits per heavy atom. The van der Waals surface area contributed by atoms with E-state index in [1.165, 1.54) is 4.90 Å². The van der Waals surface area contributed by atoms with Crippen LogP contribution in [0.3, 0.4) is 0 Å². The summed E-state index contributed by atoms with van der Waals surface area (Å²) in [6.45, 7) is 2.53. The summed E-state index contributed by atoms with van der Waals surface area (Å²) in [5, 5.41) is 3.01. The first-order chi connectivity index (χ1) is 15.1. The van der Waals surface area contributed by atoms with E-state index in [0.29, 0.717) is 23.7 Å². The van der Waals surface area contributed by atoms with Gasteiger partial charge in [-0.3, -0.25) is 4.79 Å². The van der Waals surface area contributed by atoms with Gasteiger partial charge in [-0.2, -0.15) is 0 Å². The number of benzene rings is 3. The normalized spacial score (nSPS) is 11.5. The second-order valence-corrected chi connectivity index (χ2v) is 8.01. The van der Waals surface area contributed by atoms with Gasteiger partial charge in [0.25, 0.3) is 5.91 Å². The van der Waals surface area contributed by atoms with Crippen molar-refractivity contribution < 1.29 is 19.0 Å². The molecule has 0 heterocycles. The number of nitrogens with one attached hydrogen (secondary N) is 1. The lowest BCUT2D eigenvalue weighted by Crippen LogP contribution is -2.26. The van der Waals surface area contributed by atoms with E-state index < -0.39 is 0 Å². The van der Waals surface area contributed by atoms with E-state index in [0.717, 1.165) is 17.1 Å². The second-order valence-electron chi connectivity index (χ2n) is 6.84. The van der Waals surface area contributed by atoms with Crippen LogP contribution in [0.15, 0.2) is 77.7 Å². The summed E-state index contributed by atoms with van der Waals surface area (Å²) in [6.07, 6.45) is 0. The molecule has 0 radical (unpaired) electrons. The van der Waals surface area contributed by atoms with Gasteiger partial charge in [0.2, 0.25) is 0 Å². The standard InChI is InChI=1S/C25H27NO4S/c1-18(20-11-14-23(28-2)24(17-20)29-3)26-25(27)19-9-12-21(13-10-19)30-15-16-31-22-7-5-4-6-8-22/h4-14,17-18H,15-16H2,1-3H3,(H,26,27)/t18-/m0/s1. The molecule has 0 aliphatic heterocycles. The summed E-state index contributed by atoms with van der Waals surface area (Å²) >= 11 is 1.75. The summed E-state index contributed by atoms with van der Waals surface area (Å²) in [6, 6.07) is 22.9. The van der Waals surface area contributed by atoms with Crippen LogP contribution in [-0.4, -0.2) is 32.5 Å². The fraction of sp³-hybridized carbons (Fsp3) is 0.240. The maximum Gasteiger partial charge on any atom is 0.251 e. The molecular weight excluding hydrogens is 410 g/mol. The second kappa shape index (κ2) is 11.3. The number of carbonyl (C=O) groups is 1. The van der Waals surface area contributed by atoms with E-state index in [4.69, 9.17) is 14.2 Å². The molecule has 1 amide bonds. The first-order valence-corrected chi connectivity index (χ1v) is 11.0. The number of hydrogen-bond donors (Lipinski definition) is 1. The van der Waals surface area contributed by atoms with E-state index >= 15 is 0 Å². The predicted octanol–water partition coefficient (Wildman–Crippen LogP) is 5.37. The van der Waals surface area contributed by atoms with Crippen molar-refractivity contribution in [3.8, 4) is 17.2 Å². The minimum absolute atomic E-state index is 0.145. The molecule has 0 spiro atoms. The van der Waals surface area contributed by atoms with Crippen LogP contribution in [0.5, 0.6) is 17.2 Å². The van der Waals surface area contributed by atoms with Crippen molar-refractivity contribution >= 4 is 17.7 Å². The summed E-state index contributed by atoms with van der Waals surface area (Å²) in [7, 11) is 3.19. The molecule has 1 atom stereocenters. The largest absolute Gasteiger partial charge is 0.493 e. The van der Waals surface area contributed by atoms with Crippen molar-refractivity contribution in [2.45, 2.75) is 17.9 Å². The molecule has 3 aromatic carbocycles. The fourth-order valence-corrected chi connectivity index (χ4v) is 3.78. The van der Waals surface area contributed by atoms with Gasteiger partial charge in [0.15, 0.2) is 11.5 Å². The Labute approximate surface area is 187 Å². The highest BCUT2D eigenvalue weighted by Crippen LogP contribution is 2.30. The van der Waals surface area contributed by atoms with Gasteiger partial charge in [0, 0.05) is 16.2 Å². The van der Waals surface area contributed by atoms with Crippen molar-refractivity contribution in [1.29, 1.82) is 0 Å². The molecule has 1 N–H and O–H groups in total. The Hall–Kier alpha value is -3.12. The van der Waals surface area contributed by atoms with Crippen molar-refractivity contribution in [1.82, 2.24) is 5.32 Å². The van der Waals surface area contributed by atoms with Crippen molar-refractivity contribution in [3.63, 3.8) is 0 Å². The zero-order chi connectivity index (χ0) is 22.1. The third-order valence-corrected chi connectivity index (χ3v) is 5.71. The van der Waals surface area contributed by atoms with E-state index in [9.17, 15) is 4.79 Å². The lowest BCUT2D eigenvalue weighted by molar-refractivity contribution is 0.0940. The van der Waals surface area contributed by atoms with Gasteiger partial charge >= 0.3 is 0 Å². The number of methoxy groups -OCH3 is 2. The molecule has 0 saturated carbocycles. The van der Waals surface area contributed by atoms with Crippen LogP contribution in [0.4, 0.5) is 0 Å². The Balaban J connectivity index is 1.50. The van der Waals surface area contributed by atoms with Gasteiger partial charge in [-0.25, -0.2) is 0 Å². The molecule has 0 bridgehead atoms. The van der Waals surface area contributed by atoms with E-state index in [-0.39, 0.29) is 11.9 Å². The molecule has 5 nitrogen and oxygen atoms in total. The maximum atomic E-state index is 12.6. The van der Waals surface area contributed by atoms with Gasteiger partial charge in [-0.15, -0.1) is 11.8 Å². The fourth-order valence-electron chi connectivity index (χ4n) is 3.02. The smallest absolute Gasteiger partial charge is 0.251 e. The van der Waals surface area contributed by atoms with Crippen LogP contribution >= 0.6 is 11.8 Å². The number of rotatable bonds is 10. The van der Waals surface area contributed by atoms with Gasteiger partial charge in [-0.05, 0) is 61.0 Å². The van der Waals surface area contributed by atoms with Crippen LogP contribution in [0, 0.1) is 0 Å². The third-order valence-electron chi connectivity index (χ3n) is 4.74. The average molecular weight is 438 g/mol. The Morgan fingerprint density at radius 3 is 2.32 bits per heavy atom. The SMILES string of the molecule is COc1ccc([C@H](C)NC(=O)c2ccc(OCCSc3ccccc3)cc2)cc1OC. The highest BCUT2D eigenvalue weighted by Gasteiger charge is 2.14. The molecule has 6 heteroatoms. The monoisotopic (exact) mass is 437 g/mol. The van der Waals surface area contributed by atoms with Gasteiger partial charge in [-0.1, -0.05) is 24.3 Å². The summed E-state index contributed by atoms with van der Waals surface area (Å²) in [5.74, 6) is 2.75. The van der Waals surface area contributed by atoms with Crippen molar-refractivity contribution in [3.05, 3.63) is 83.9 Å². The van der Waals surface area contributed by atoms with Crippen LogP contribution in [0.1, 0.15) is 28.9 Å². The van der Waals surface area contributed by atoms with E-state index in [2.05, 4.69) is 17.4 Å². The topological polar surface area (TPSA) is 56.8 Å². The maximum absolute atomic E-state index is 12.6. The Morgan fingerprint density at radius 1 is 0.935 bits per heavy atom. The minimum Gasteiger partial charge on any atom is -0.493 e. The molecule has 31 heavy (non-hydrogen) atoms. The molecule has 0 aliphatic rings. The number of carbonyl (C=O) groups excluding carboxylic acids is 1. The number of ether oxygens (including phenoxy) is 3. The molecule has 0 fully saturated rings. The molecule has 0 saturated heterocycles. The molecular formula is C25H27NO4S.